The zero-order valence-electron chi connectivity index (χ0n) is 7.10. The molecule has 0 saturated carbocycles. The van der Waals surface area contributed by atoms with Crippen LogP contribution in [0.1, 0.15) is 6.42 Å². The van der Waals surface area contributed by atoms with Gasteiger partial charge in [0.15, 0.2) is 5.75 Å². The Bertz CT molecular complexity index is 406. The lowest BCUT2D eigenvalue weighted by Crippen LogP contribution is -2.14. The second kappa shape index (κ2) is 2.39. The van der Waals surface area contributed by atoms with Crippen molar-refractivity contribution in [1.82, 2.24) is 0 Å². The number of para-hydroxylation sites is 2. The summed E-state index contributed by atoms with van der Waals surface area (Å²) < 4.78 is 5.65. The number of anilines is 1. The summed E-state index contributed by atoms with van der Waals surface area (Å²) in [5.74, 6) is 1.88. The molecule has 3 rings (SSSR count). The number of hydrogen-bond acceptors (Lipinski definition) is 2. The van der Waals surface area contributed by atoms with Crippen molar-refractivity contribution in [3.05, 3.63) is 48.5 Å². The van der Waals surface area contributed by atoms with Gasteiger partial charge < -0.3 is 4.74 Å². The maximum Gasteiger partial charge on any atom is 0.201 e. The number of rotatable bonds is 0. The van der Waals surface area contributed by atoms with Gasteiger partial charge in [0.2, 0.25) is 5.88 Å². The first-order chi connectivity index (χ1) is 6.45. The molecule has 13 heavy (non-hydrogen) atoms. The van der Waals surface area contributed by atoms with E-state index in [1.165, 1.54) is 0 Å². The highest BCUT2D eigenvalue weighted by Gasteiger charge is 2.24. The van der Waals surface area contributed by atoms with E-state index in [9.17, 15) is 0 Å². The van der Waals surface area contributed by atoms with E-state index in [1.807, 2.05) is 18.2 Å². The van der Waals surface area contributed by atoms with Crippen molar-refractivity contribution in [3.63, 3.8) is 0 Å². The summed E-state index contributed by atoms with van der Waals surface area (Å²) in [6.07, 6.45) is 7.22. The van der Waals surface area contributed by atoms with Gasteiger partial charge in [0, 0.05) is 6.20 Å². The van der Waals surface area contributed by atoms with Crippen LogP contribution in [0.5, 0.6) is 5.75 Å². The molecule has 0 unspecified atom stereocenters. The zero-order chi connectivity index (χ0) is 8.67. The Morgan fingerprint density at radius 1 is 1.23 bits per heavy atom. The van der Waals surface area contributed by atoms with Crippen LogP contribution in [0.15, 0.2) is 48.5 Å². The number of nitrogens with zero attached hydrogens (tertiary/aromatic N) is 1. The van der Waals surface area contributed by atoms with Crippen LogP contribution in [0.25, 0.3) is 0 Å². The molecule has 2 heteroatoms. The first-order valence-electron chi connectivity index (χ1n) is 4.38. The lowest BCUT2D eigenvalue weighted by atomic mass is 10.2. The minimum atomic E-state index is 0.934. The topological polar surface area (TPSA) is 12.5 Å². The van der Waals surface area contributed by atoms with Gasteiger partial charge in [-0.05, 0) is 24.6 Å². The van der Waals surface area contributed by atoms with Crippen LogP contribution in [-0.4, -0.2) is 0 Å². The standard InChI is InChI=1S/C11H9NO/c1-2-6-10-9(5-1)12-8-4-3-7-11(12)13-10/h1-2,4-8H,3H2. The maximum atomic E-state index is 5.65. The normalized spacial score (nSPS) is 17.5. The average molecular weight is 171 g/mol. The largest absolute Gasteiger partial charge is 0.439 e. The van der Waals surface area contributed by atoms with Crippen molar-refractivity contribution < 1.29 is 4.74 Å². The summed E-state index contributed by atoms with van der Waals surface area (Å²) in [5, 5.41) is 0. The van der Waals surface area contributed by atoms with E-state index in [0.717, 1.165) is 23.7 Å². The highest BCUT2D eigenvalue weighted by molar-refractivity contribution is 5.68. The van der Waals surface area contributed by atoms with Crippen LogP contribution >= 0.6 is 0 Å². The third-order valence-corrected chi connectivity index (χ3v) is 2.26. The van der Waals surface area contributed by atoms with Gasteiger partial charge >= 0.3 is 0 Å². The van der Waals surface area contributed by atoms with Crippen LogP contribution in [0.4, 0.5) is 5.69 Å². The molecule has 0 bridgehead atoms. The van der Waals surface area contributed by atoms with Crippen molar-refractivity contribution in [2.75, 3.05) is 4.90 Å². The number of ether oxygens (including phenoxy) is 1. The molecule has 2 heterocycles. The molecule has 2 nitrogen and oxygen atoms in total. The number of fused-ring (bicyclic) bond motifs is 3. The Balaban J connectivity index is 2.16. The van der Waals surface area contributed by atoms with E-state index in [-0.39, 0.29) is 0 Å². The Labute approximate surface area is 76.7 Å². The van der Waals surface area contributed by atoms with E-state index < -0.39 is 0 Å². The highest BCUT2D eigenvalue weighted by atomic mass is 16.5. The van der Waals surface area contributed by atoms with Crippen molar-refractivity contribution >= 4 is 5.69 Å². The molecule has 2 aliphatic heterocycles. The van der Waals surface area contributed by atoms with Crippen molar-refractivity contribution in [1.29, 1.82) is 0 Å². The predicted octanol–water partition coefficient (Wildman–Crippen LogP) is 2.64. The van der Waals surface area contributed by atoms with Gasteiger partial charge in [-0.2, -0.15) is 0 Å². The fourth-order valence-electron chi connectivity index (χ4n) is 1.65. The number of benzene rings is 1. The minimum absolute atomic E-state index is 0.934. The van der Waals surface area contributed by atoms with Crippen LogP contribution < -0.4 is 9.64 Å². The molecule has 0 aliphatic carbocycles. The minimum Gasteiger partial charge on any atom is -0.439 e. The lowest BCUT2D eigenvalue weighted by Gasteiger charge is -2.15. The monoisotopic (exact) mass is 171 g/mol. The zero-order valence-corrected chi connectivity index (χ0v) is 7.10. The first-order valence-corrected chi connectivity index (χ1v) is 4.38. The van der Waals surface area contributed by atoms with Crippen LogP contribution in [0.2, 0.25) is 0 Å². The molecular formula is C11H9NO. The van der Waals surface area contributed by atoms with E-state index >= 15 is 0 Å². The van der Waals surface area contributed by atoms with Crippen LogP contribution in [0, 0.1) is 0 Å². The van der Waals surface area contributed by atoms with Crippen molar-refractivity contribution in [2.45, 2.75) is 6.42 Å². The number of allylic oxidation sites excluding steroid dienone is 2. The highest BCUT2D eigenvalue weighted by Crippen LogP contribution is 2.39. The average Bonchev–Trinajstić information content (AvgIpc) is 2.56. The fraction of sp³-hybridized carbons (Fsp3) is 0.0909. The van der Waals surface area contributed by atoms with Crippen molar-refractivity contribution in [3.8, 4) is 5.75 Å². The van der Waals surface area contributed by atoms with Gasteiger partial charge in [0.1, 0.15) is 0 Å². The second-order valence-electron chi connectivity index (χ2n) is 3.10. The van der Waals surface area contributed by atoms with Crippen LogP contribution in [-0.2, 0) is 0 Å². The quantitative estimate of drug-likeness (QED) is 0.595. The second-order valence-corrected chi connectivity index (χ2v) is 3.10. The molecule has 64 valence electrons. The van der Waals surface area contributed by atoms with E-state index in [1.54, 1.807) is 0 Å². The van der Waals surface area contributed by atoms with Crippen LogP contribution in [0.3, 0.4) is 0 Å². The van der Waals surface area contributed by atoms with Gasteiger partial charge in [-0.1, -0.05) is 18.2 Å². The molecule has 0 N–H and O–H groups in total. The van der Waals surface area contributed by atoms with Gasteiger partial charge in [-0.25, -0.2) is 0 Å². The third-order valence-electron chi connectivity index (χ3n) is 2.26. The Morgan fingerprint density at radius 3 is 3.15 bits per heavy atom. The van der Waals surface area contributed by atoms with E-state index in [4.69, 9.17) is 4.74 Å². The van der Waals surface area contributed by atoms with Crippen molar-refractivity contribution in [2.24, 2.45) is 0 Å². The summed E-state index contributed by atoms with van der Waals surface area (Å²) in [7, 11) is 0. The molecular weight excluding hydrogens is 162 g/mol. The van der Waals surface area contributed by atoms with Gasteiger partial charge in [-0.3, -0.25) is 4.90 Å². The summed E-state index contributed by atoms with van der Waals surface area (Å²) in [6.45, 7) is 0. The van der Waals surface area contributed by atoms with Gasteiger partial charge in [0.25, 0.3) is 0 Å². The summed E-state index contributed by atoms with van der Waals surface area (Å²) in [6, 6.07) is 8.06. The Kier molecular flexibility index (Phi) is 1.25. The molecule has 0 saturated heterocycles. The summed E-state index contributed by atoms with van der Waals surface area (Å²) in [5.41, 5.74) is 1.13. The van der Waals surface area contributed by atoms with E-state index in [2.05, 4.69) is 29.3 Å². The maximum absolute atomic E-state index is 5.65. The molecule has 0 fully saturated rings. The Morgan fingerprint density at radius 2 is 2.15 bits per heavy atom. The molecule has 0 atom stereocenters. The molecule has 1 aromatic carbocycles. The first kappa shape index (κ1) is 6.78. The smallest absolute Gasteiger partial charge is 0.201 e. The SMILES string of the molecule is C1=CN2C(=CC1)Oc1ccccc12. The molecule has 1 aromatic rings. The van der Waals surface area contributed by atoms with Gasteiger partial charge in [-0.15, -0.1) is 0 Å². The predicted molar refractivity (Wildman–Crippen MR) is 51.4 cm³/mol. The van der Waals surface area contributed by atoms with Gasteiger partial charge in [0.05, 0.1) is 5.69 Å². The lowest BCUT2D eigenvalue weighted by molar-refractivity contribution is 0.442. The molecule has 0 amide bonds. The Hall–Kier alpha value is -1.70. The molecule has 0 spiro atoms. The van der Waals surface area contributed by atoms with E-state index in [0.29, 0.717) is 0 Å². The molecule has 0 radical (unpaired) electrons. The summed E-state index contributed by atoms with van der Waals surface area (Å²) in [4.78, 5) is 2.07. The molecule has 2 aliphatic rings. The molecule has 0 aromatic heterocycles. The third kappa shape index (κ3) is 0.886. The number of hydrogen-bond donors (Lipinski definition) is 0. The summed E-state index contributed by atoms with van der Waals surface area (Å²) >= 11 is 0. The fourth-order valence-corrected chi connectivity index (χ4v) is 1.65.